The highest BCUT2D eigenvalue weighted by Gasteiger charge is 2.33. The summed E-state index contributed by atoms with van der Waals surface area (Å²) in [6.45, 7) is 0.495. The van der Waals surface area contributed by atoms with Crippen molar-refractivity contribution >= 4 is 17.5 Å². The third-order valence-corrected chi connectivity index (χ3v) is 3.82. The SMILES string of the molecule is O=C(c1c[nH]ccc1=O)N(Cc1ccc(Cl)cc1)C1CC1. The maximum Gasteiger partial charge on any atom is 0.259 e. The zero-order chi connectivity index (χ0) is 14.8. The van der Waals surface area contributed by atoms with E-state index in [1.807, 2.05) is 24.3 Å². The van der Waals surface area contributed by atoms with Gasteiger partial charge in [0.2, 0.25) is 0 Å². The molecule has 1 aliphatic rings. The molecular formula is C16H15ClN2O2. The minimum atomic E-state index is -0.250. The van der Waals surface area contributed by atoms with Gasteiger partial charge in [0.05, 0.1) is 0 Å². The van der Waals surface area contributed by atoms with Crippen LogP contribution in [0.2, 0.25) is 5.02 Å². The molecule has 1 amide bonds. The van der Waals surface area contributed by atoms with Gasteiger partial charge in [-0.05, 0) is 30.5 Å². The fourth-order valence-corrected chi connectivity index (χ4v) is 2.40. The molecule has 5 heteroatoms. The molecule has 0 bridgehead atoms. The lowest BCUT2D eigenvalue weighted by molar-refractivity contribution is 0.0728. The van der Waals surface area contributed by atoms with Gasteiger partial charge in [-0.1, -0.05) is 23.7 Å². The molecule has 0 aliphatic heterocycles. The molecule has 1 aromatic heterocycles. The first kappa shape index (κ1) is 13.9. The summed E-state index contributed by atoms with van der Waals surface area (Å²) in [5.74, 6) is -0.214. The van der Waals surface area contributed by atoms with Crippen molar-refractivity contribution in [2.24, 2.45) is 0 Å². The minimum Gasteiger partial charge on any atom is -0.367 e. The Balaban J connectivity index is 1.85. The van der Waals surface area contributed by atoms with Crippen molar-refractivity contribution < 1.29 is 4.79 Å². The number of pyridine rings is 1. The summed E-state index contributed by atoms with van der Waals surface area (Å²) in [7, 11) is 0. The highest BCUT2D eigenvalue weighted by molar-refractivity contribution is 6.30. The zero-order valence-corrected chi connectivity index (χ0v) is 12.1. The molecule has 21 heavy (non-hydrogen) atoms. The maximum atomic E-state index is 12.6. The van der Waals surface area contributed by atoms with Crippen LogP contribution in [0.1, 0.15) is 28.8 Å². The third-order valence-electron chi connectivity index (χ3n) is 3.57. The molecule has 0 spiro atoms. The normalized spacial score (nSPS) is 14.0. The van der Waals surface area contributed by atoms with Crippen molar-refractivity contribution in [1.82, 2.24) is 9.88 Å². The molecular weight excluding hydrogens is 288 g/mol. The number of aromatic nitrogens is 1. The Bertz CT molecular complexity index is 705. The van der Waals surface area contributed by atoms with Gasteiger partial charge >= 0.3 is 0 Å². The zero-order valence-electron chi connectivity index (χ0n) is 11.4. The van der Waals surface area contributed by atoms with E-state index in [4.69, 9.17) is 11.6 Å². The molecule has 1 fully saturated rings. The van der Waals surface area contributed by atoms with Crippen LogP contribution >= 0.6 is 11.6 Å². The maximum absolute atomic E-state index is 12.6. The first-order chi connectivity index (χ1) is 10.1. The van der Waals surface area contributed by atoms with Gasteiger partial charge in [0.15, 0.2) is 5.43 Å². The molecule has 1 aromatic carbocycles. The van der Waals surface area contributed by atoms with E-state index in [0.717, 1.165) is 18.4 Å². The molecule has 1 heterocycles. The highest BCUT2D eigenvalue weighted by Crippen LogP contribution is 2.29. The molecule has 4 nitrogen and oxygen atoms in total. The van der Waals surface area contributed by atoms with E-state index in [1.54, 1.807) is 4.90 Å². The smallest absolute Gasteiger partial charge is 0.259 e. The number of halogens is 1. The van der Waals surface area contributed by atoms with Crippen molar-refractivity contribution in [3.8, 4) is 0 Å². The van der Waals surface area contributed by atoms with Crippen LogP contribution in [0.4, 0.5) is 0 Å². The van der Waals surface area contributed by atoms with E-state index in [-0.39, 0.29) is 22.9 Å². The van der Waals surface area contributed by atoms with E-state index in [1.165, 1.54) is 18.5 Å². The number of benzene rings is 1. The number of carbonyl (C=O) groups is 1. The van der Waals surface area contributed by atoms with Crippen LogP contribution in [0.3, 0.4) is 0 Å². The van der Waals surface area contributed by atoms with Gasteiger partial charge in [-0.25, -0.2) is 0 Å². The second-order valence-corrected chi connectivity index (χ2v) is 5.65. The number of amides is 1. The first-order valence-corrected chi connectivity index (χ1v) is 7.25. The van der Waals surface area contributed by atoms with Gasteiger partial charge in [-0.3, -0.25) is 9.59 Å². The van der Waals surface area contributed by atoms with Crippen LogP contribution in [0.5, 0.6) is 0 Å². The molecule has 3 rings (SSSR count). The van der Waals surface area contributed by atoms with Crippen molar-refractivity contribution in [3.05, 3.63) is 69.1 Å². The van der Waals surface area contributed by atoms with Crippen molar-refractivity contribution in [2.75, 3.05) is 0 Å². The lowest BCUT2D eigenvalue weighted by Gasteiger charge is -2.22. The molecule has 108 valence electrons. The Morgan fingerprint density at radius 2 is 1.95 bits per heavy atom. The fraction of sp³-hybridized carbons (Fsp3) is 0.250. The fourth-order valence-electron chi connectivity index (χ4n) is 2.28. The summed E-state index contributed by atoms with van der Waals surface area (Å²) < 4.78 is 0. The second kappa shape index (κ2) is 5.74. The number of carbonyl (C=O) groups excluding carboxylic acids is 1. The van der Waals surface area contributed by atoms with Gasteiger partial charge in [-0.2, -0.15) is 0 Å². The van der Waals surface area contributed by atoms with E-state index in [2.05, 4.69) is 4.98 Å². The predicted molar refractivity (Wildman–Crippen MR) is 81.4 cm³/mol. The summed E-state index contributed by atoms with van der Waals surface area (Å²) in [4.78, 5) is 29.0. The van der Waals surface area contributed by atoms with Gasteiger partial charge in [0, 0.05) is 36.1 Å². The molecule has 0 unspecified atom stereocenters. The predicted octanol–water partition coefficient (Wildman–Crippen LogP) is 2.83. The highest BCUT2D eigenvalue weighted by atomic mass is 35.5. The van der Waals surface area contributed by atoms with Crippen LogP contribution in [-0.2, 0) is 6.54 Å². The van der Waals surface area contributed by atoms with Gasteiger partial charge < -0.3 is 9.88 Å². The number of rotatable bonds is 4. The Labute approximate surface area is 127 Å². The first-order valence-electron chi connectivity index (χ1n) is 6.87. The van der Waals surface area contributed by atoms with Gasteiger partial charge in [0.25, 0.3) is 5.91 Å². The van der Waals surface area contributed by atoms with Crippen molar-refractivity contribution in [2.45, 2.75) is 25.4 Å². The standard InChI is InChI=1S/C16H15ClN2O2/c17-12-3-1-11(2-4-12)10-19(13-5-6-13)16(21)14-9-18-8-7-15(14)20/h1-4,7-9,13H,5-6,10H2,(H,18,20). The molecule has 0 atom stereocenters. The van der Waals surface area contributed by atoms with Crippen LogP contribution in [0.25, 0.3) is 0 Å². The Morgan fingerprint density at radius 3 is 2.57 bits per heavy atom. The van der Waals surface area contributed by atoms with E-state index < -0.39 is 0 Å². The second-order valence-electron chi connectivity index (χ2n) is 5.21. The minimum absolute atomic E-state index is 0.193. The van der Waals surface area contributed by atoms with Crippen molar-refractivity contribution in [3.63, 3.8) is 0 Å². The summed E-state index contributed by atoms with van der Waals surface area (Å²) in [5.41, 5.74) is 0.950. The summed E-state index contributed by atoms with van der Waals surface area (Å²) >= 11 is 5.88. The number of H-pyrrole nitrogens is 1. The van der Waals surface area contributed by atoms with Crippen LogP contribution < -0.4 is 5.43 Å². The Hall–Kier alpha value is -2.07. The molecule has 0 radical (unpaired) electrons. The van der Waals surface area contributed by atoms with E-state index >= 15 is 0 Å². The summed E-state index contributed by atoms with van der Waals surface area (Å²) in [6.07, 6.45) is 4.98. The number of nitrogens with one attached hydrogen (secondary N) is 1. The third kappa shape index (κ3) is 3.16. The molecule has 0 saturated heterocycles. The average Bonchev–Trinajstić information content (AvgIpc) is 3.31. The van der Waals surface area contributed by atoms with Gasteiger partial charge in [-0.15, -0.1) is 0 Å². The van der Waals surface area contributed by atoms with Crippen LogP contribution in [0, 0.1) is 0 Å². The number of nitrogens with zero attached hydrogens (tertiary/aromatic N) is 1. The quantitative estimate of drug-likeness (QED) is 0.944. The van der Waals surface area contributed by atoms with Crippen LogP contribution in [-0.4, -0.2) is 21.8 Å². The van der Waals surface area contributed by atoms with E-state index in [9.17, 15) is 9.59 Å². The number of hydrogen-bond acceptors (Lipinski definition) is 2. The van der Waals surface area contributed by atoms with Crippen LogP contribution in [0.15, 0.2) is 47.5 Å². The molecule has 1 N–H and O–H groups in total. The summed E-state index contributed by atoms with van der Waals surface area (Å²) in [5, 5.41) is 0.669. The number of aromatic amines is 1. The molecule has 1 saturated carbocycles. The Morgan fingerprint density at radius 1 is 1.24 bits per heavy atom. The topological polar surface area (TPSA) is 53.2 Å². The molecule has 1 aliphatic carbocycles. The lowest BCUT2D eigenvalue weighted by Crippen LogP contribution is -2.35. The Kier molecular flexibility index (Phi) is 3.80. The lowest BCUT2D eigenvalue weighted by atomic mass is 10.1. The largest absolute Gasteiger partial charge is 0.367 e. The number of hydrogen-bond donors (Lipinski definition) is 1. The monoisotopic (exact) mass is 302 g/mol. The average molecular weight is 303 g/mol. The molecule has 2 aromatic rings. The van der Waals surface area contributed by atoms with Gasteiger partial charge in [0.1, 0.15) is 5.56 Å². The van der Waals surface area contributed by atoms with Crippen molar-refractivity contribution in [1.29, 1.82) is 0 Å². The summed E-state index contributed by atoms with van der Waals surface area (Å²) in [6, 6.07) is 9.03. The van der Waals surface area contributed by atoms with E-state index in [0.29, 0.717) is 11.6 Å².